The summed E-state index contributed by atoms with van der Waals surface area (Å²) in [6.45, 7) is 1.74. The van der Waals surface area contributed by atoms with Crippen LogP contribution in [0.15, 0.2) is 59.8 Å². The van der Waals surface area contributed by atoms with Gasteiger partial charge in [0.25, 0.3) is 5.56 Å². The van der Waals surface area contributed by atoms with E-state index in [0.717, 1.165) is 11.3 Å². The molecule has 2 aromatic carbocycles. The van der Waals surface area contributed by atoms with E-state index >= 15 is 0 Å². The van der Waals surface area contributed by atoms with Crippen LogP contribution in [-0.2, 0) is 11.3 Å². The summed E-state index contributed by atoms with van der Waals surface area (Å²) in [5.41, 5.74) is 2.34. The van der Waals surface area contributed by atoms with Crippen molar-refractivity contribution in [2.75, 3.05) is 12.4 Å². The standard InChI is InChI=1S/C21H18ClN5O3/c1-13-5-3-4-6-17(13)27-20-15(10-24-27)21(29)26(12-23-20)11-19(28)25-16-9-14(22)7-8-18(16)30-2/h3-10,12H,11H2,1-2H3,(H,25,28). The number of para-hydroxylation sites is 1. The first-order valence-corrected chi connectivity index (χ1v) is 9.48. The molecule has 0 radical (unpaired) electrons. The van der Waals surface area contributed by atoms with Crippen LogP contribution in [0.25, 0.3) is 16.7 Å². The minimum absolute atomic E-state index is 0.215. The average molecular weight is 424 g/mol. The summed E-state index contributed by atoms with van der Waals surface area (Å²) in [6, 6.07) is 12.6. The van der Waals surface area contributed by atoms with E-state index in [-0.39, 0.29) is 12.1 Å². The third-order valence-electron chi connectivity index (χ3n) is 4.65. The smallest absolute Gasteiger partial charge is 0.264 e. The monoisotopic (exact) mass is 423 g/mol. The van der Waals surface area contributed by atoms with E-state index in [4.69, 9.17) is 16.3 Å². The van der Waals surface area contributed by atoms with Gasteiger partial charge in [-0.2, -0.15) is 5.10 Å². The van der Waals surface area contributed by atoms with Crippen LogP contribution in [0.1, 0.15) is 5.56 Å². The van der Waals surface area contributed by atoms with E-state index in [1.54, 1.807) is 22.9 Å². The van der Waals surface area contributed by atoms with Crippen molar-refractivity contribution < 1.29 is 9.53 Å². The maximum atomic E-state index is 12.9. The molecule has 8 nitrogen and oxygen atoms in total. The van der Waals surface area contributed by atoms with Crippen LogP contribution in [0.2, 0.25) is 5.02 Å². The molecule has 2 heterocycles. The summed E-state index contributed by atoms with van der Waals surface area (Å²) in [5, 5.41) is 7.81. The molecule has 4 aromatic rings. The van der Waals surface area contributed by atoms with Crippen LogP contribution in [-0.4, -0.2) is 32.3 Å². The van der Waals surface area contributed by atoms with E-state index in [9.17, 15) is 9.59 Å². The molecule has 152 valence electrons. The molecule has 0 unspecified atom stereocenters. The molecule has 0 spiro atoms. The van der Waals surface area contributed by atoms with Crippen molar-refractivity contribution in [3.05, 3.63) is 75.9 Å². The second-order valence-electron chi connectivity index (χ2n) is 6.65. The quantitative estimate of drug-likeness (QED) is 0.532. The first kappa shape index (κ1) is 19.7. The maximum absolute atomic E-state index is 12.9. The predicted molar refractivity (Wildman–Crippen MR) is 114 cm³/mol. The molecule has 4 rings (SSSR count). The summed E-state index contributed by atoms with van der Waals surface area (Å²) >= 11 is 5.99. The summed E-state index contributed by atoms with van der Waals surface area (Å²) in [4.78, 5) is 29.7. The fraction of sp³-hybridized carbons (Fsp3) is 0.143. The van der Waals surface area contributed by atoms with E-state index in [1.807, 2.05) is 31.2 Å². The number of nitrogens with one attached hydrogen (secondary N) is 1. The number of rotatable bonds is 5. The van der Waals surface area contributed by atoms with Gasteiger partial charge in [0.2, 0.25) is 5.91 Å². The van der Waals surface area contributed by atoms with Gasteiger partial charge in [-0.25, -0.2) is 9.67 Å². The molecule has 30 heavy (non-hydrogen) atoms. The van der Waals surface area contributed by atoms with Gasteiger partial charge in [-0.3, -0.25) is 14.2 Å². The second-order valence-corrected chi connectivity index (χ2v) is 7.09. The number of methoxy groups -OCH3 is 1. The number of anilines is 1. The lowest BCUT2D eigenvalue weighted by molar-refractivity contribution is -0.116. The van der Waals surface area contributed by atoms with Gasteiger partial charge in [0.1, 0.15) is 24.0 Å². The lowest BCUT2D eigenvalue weighted by Crippen LogP contribution is -2.28. The number of carbonyl (C=O) groups is 1. The van der Waals surface area contributed by atoms with Crippen molar-refractivity contribution >= 4 is 34.2 Å². The maximum Gasteiger partial charge on any atom is 0.264 e. The second kappa shape index (κ2) is 8.00. The van der Waals surface area contributed by atoms with Crippen molar-refractivity contribution in [1.29, 1.82) is 0 Å². The first-order valence-electron chi connectivity index (χ1n) is 9.10. The molecule has 0 aliphatic rings. The predicted octanol–water partition coefficient (Wildman–Crippen LogP) is 3.19. The molecule has 0 saturated carbocycles. The highest BCUT2D eigenvalue weighted by Gasteiger charge is 2.15. The Balaban J connectivity index is 1.63. The number of hydrogen-bond acceptors (Lipinski definition) is 5. The Hall–Kier alpha value is -3.65. The number of ether oxygens (including phenoxy) is 1. The molecule has 0 aliphatic heterocycles. The van der Waals surface area contributed by atoms with Gasteiger partial charge in [0.05, 0.1) is 24.7 Å². The Morgan fingerprint density at radius 1 is 1.23 bits per heavy atom. The van der Waals surface area contributed by atoms with Crippen LogP contribution in [0, 0.1) is 6.92 Å². The topological polar surface area (TPSA) is 91.0 Å². The highest BCUT2D eigenvalue weighted by Crippen LogP contribution is 2.27. The van der Waals surface area contributed by atoms with Crippen molar-refractivity contribution in [3.8, 4) is 11.4 Å². The molecule has 9 heteroatoms. The average Bonchev–Trinajstić information content (AvgIpc) is 3.15. The highest BCUT2D eigenvalue weighted by atomic mass is 35.5. The number of aryl methyl sites for hydroxylation is 1. The number of benzene rings is 2. The minimum atomic E-state index is -0.412. The zero-order chi connectivity index (χ0) is 21.3. The van der Waals surface area contributed by atoms with Gasteiger partial charge in [0, 0.05) is 5.02 Å². The number of hydrogen-bond donors (Lipinski definition) is 1. The van der Waals surface area contributed by atoms with Crippen LogP contribution < -0.4 is 15.6 Å². The van der Waals surface area contributed by atoms with Crippen LogP contribution in [0.4, 0.5) is 5.69 Å². The van der Waals surface area contributed by atoms with E-state index < -0.39 is 5.91 Å². The third-order valence-corrected chi connectivity index (χ3v) is 4.88. The number of amides is 1. The normalized spacial score (nSPS) is 10.9. The van der Waals surface area contributed by atoms with Crippen LogP contribution in [0.5, 0.6) is 5.75 Å². The van der Waals surface area contributed by atoms with E-state index in [0.29, 0.717) is 27.5 Å². The molecule has 0 bridgehead atoms. The molecule has 0 atom stereocenters. The molecule has 2 aromatic heterocycles. The lowest BCUT2D eigenvalue weighted by atomic mass is 10.2. The molecule has 0 aliphatic carbocycles. The Bertz CT molecular complexity index is 1310. The Kier molecular flexibility index (Phi) is 5.24. The van der Waals surface area contributed by atoms with Gasteiger partial charge in [-0.05, 0) is 36.8 Å². The molecule has 0 fully saturated rings. The van der Waals surface area contributed by atoms with Gasteiger partial charge >= 0.3 is 0 Å². The summed E-state index contributed by atoms with van der Waals surface area (Å²) < 4.78 is 8.08. The van der Waals surface area contributed by atoms with Crippen LogP contribution >= 0.6 is 11.6 Å². The number of nitrogens with zero attached hydrogens (tertiary/aromatic N) is 4. The van der Waals surface area contributed by atoms with Crippen molar-refractivity contribution in [3.63, 3.8) is 0 Å². The Morgan fingerprint density at radius 2 is 2.03 bits per heavy atom. The molecule has 0 saturated heterocycles. The fourth-order valence-electron chi connectivity index (χ4n) is 3.16. The molecule has 1 N–H and O–H groups in total. The van der Waals surface area contributed by atoms with Crippen molar-refractivity contribution in [2.24, 2.45) is 0 Å². The van der Waals surface area contributed by atoms with Crippen LogP contribution in [0.3, 0.4) is 0 Å². The zero-order valence-electron chi connectivity index (χ0n) is 16.3. The number of fused-ring (bicyclic) bond motifs is 1. The van der Waals surface area contributed by atoms with Gasteiger partial charge in [0.15, 0.2) is 5.65 Å². The van der Waals surface area contributed by atoms with Gasteiger partial charge in [-0.15, -0.1) is 0 Å². The van der Waals surface area contributed by atoms with Crippen molar-refractivity contribution in [2.45, 2.75) is 13.5 Å². The Labute approximate surface area is 176 Å². The number of carbonyl (C=O) groups excluding carboxylic acids is 1. The highest BCUT2D eigenvalue weighted by molar-refractivity contribution is 6.31. The van der Waals surface area contributed by atoms with Crippen molar-refractivity contribution in [1.82, 2.24) is 19.3 Å². The number of halogens is 1. The largest absolute Gasteiger partial charge is 0.495 e. The Morgan fingerprint density at radius 3 is 2.80 bits per heavy atom. The molecular weight excluding hydrogens is 406 g/mol. The SMILES string of the molecule is COc1ccc(Cl)cc1NC(=O)Cn1cnc2c(cnn2-c2ccccc2C)c1=O. The number of aromatic nitrogens is 4. The zero-order valence-corrected chi connectivity index (χ0v) is 17.1. The van der Waals surface area contributed by atoms with Gasteiger partial charge < -0.3 is 10.1 Å². The lowest BCUT2D eigenvalue weighted by Gasteiger charge is -2.11. The van der Waals surface area contributed by atoms with E-state index in [1.165, 1.54) is 24.2 Å². The molecular formula is C21H18ClN5O3. The third kappa shape index (κ3) is 3.65. The molecule has 1 amide bonds. The summed E-state index contributed by atoms with van der Waals surface area (Å²) in [5.74, 6) is 0.0540. The van der Waals surface area contributed by atoms with E-state index in [2.05, 4.69) is 15.4 Å². The summed E-state index contributed by atoms with van der Waals surface area (Å²) in [6.07, 6.45) is 2.81. The first-order chi connectivity index (χ1) is 14.5. The summed E-state index contributed by atoms with van der Waals surface area (Å²) in [7, 11) is 1.49. The van der Waals surface area contributed by atoms with Gasteiger partial charge in [-0.1, -0.05) is 29.8 Å². The fourth-order valence-corrected chi connectivity index (χ4v) is 3.33. The minimum Gasteiger partial charge on any atom is -0.495 e.